The summed E-state index contributed by atoms with van der Waals surface area (Å²) in [6.07, 6.45) is 17.6. The molecular formula is C44H53N2O9P. The van der Waals surface area contributed by atoms with Crippen molar-refractivity contribution in [2.75, 3.05) is 20.3 Å². The van der Waals surface area contributed by atoms with Gasteiger partial charge in [-0.2, -0.15) is 0 Å². The number of aryl methyl sites for hydroxylation is 1. The number of rotatable bonds is 15. The van der Waals surface area contributed by atoms with Gasteiger partial charge >= 0.3 is 7.82 Å². The van der Waals surface area contributed by atoms with E-state index in [1.54, 1.807) is 0 Å². The van der Waals surface area contributed by atoms with E-state index < -0.39 is 13.7 Å². The molecule has 2 fully saturated rings. The lowest BCUT2D eigenvalue weighted by Gasteiger charge is -2.50. The molecule has 6 atom stereocenters. The first-order valence-corrected chi connectivity index (χ1v) is 21.2. The molecule has 6 unspecified atom stereocenters. The van der Waals surface area contributed by atoms with Crippen molar-refractivity contribution in [1.82, 2.24) is 5.32 Å². The normalized spacial score (nSPS) is 26.6. The van der Waals surface area contributed by atoms with Gasteiger partial charge < -0.3 is 30.2 Å². The number of aliphatic hydroxyl groups excluding tert-OH is 1. The monoisotopic (exact) mass is 784 g/mol. The van der Waals surface area contributed by atoms with Crippen molar-refractivity contribution in [3.63, 3.8) is 0 Å². The Morgan fingerprint density at radius 3 is 2.62 bits per heavy atom. The van der Waals surface area contributed by atoms with Crippen LogP contribution in [0, 0.1) is 17.3 Å². The van der Waals surface area contributed by atoms with Crippen LogP contribution in [0.2, 0.25) is 0 Å². The van der Waals surface area contributed by atoms with Gasteiger partial charge in [0.25, 0.3) is 5.91 Å². The number of carbonyl (C=O) groups is 2. The minimum Gasteiger partial charge on any atom is -0.505 e. The lowest BCUT2D eigenvalue weighted by atomic mass is 9.55. The van der Waals surface area contributed by atoms with E-state index in [4.69, 9.17) is 28.8 Å². The van der Waals surface area contributed by atoms with Crippen LogP contribution < -0.4 is 15.6 Å². The molecule has 0 saturated heterocycles. The molecule has 0 aromatic heterocycles. The fourth-order valence-corrected chi connectivity index (χ4v) is 10.7. The standard InChI is InChI=1S/C44H53N2O9P/c1-44-24-22-34-33-17-15-32(55-56(50,54-28-30-12-8-5-9-13-30)53-27-29-10-6-3-4-7-11-29)26-31(33)14-16-35(34)36(44)18-21-39(44)52-25-23-40(47)46-37-19-20-38(51-2)41(42(37)48)43(45)49/h3-6,8-13,15,17,26,34-36,39,48H,7,14,16,18-25,27-28H2,1-2H3,(H2,45,49)(H,46,47). The van der Waals surface area contributed by atoms with Crippen molar-refractivity contribution in [2.24, 2.45) is 23.0 Å². The molecule has 0 heterocycles. The van der Waals surface area contributed by atoms with Gasteiger partial charge in [0.2, 0.25) is 5.91 Å². The summed E-state index contributed by atoms with van der Waals surface area (Å²) in [4.78, 5) is 24.8. The Kier molecular flexibility index (Phi) is 12.4. The Labute approximate surface area is 329 Å². The third-order valence-corrected chi connectivity index (χ3v) is 13.7. The molecule has 5 aliphatic rings. The number of amides is 2. The third kappa shape index (κ3) is 8.76. The zero-order valence-corrected chi connectivity index (χ0v) is 33.1. The van der Waals surface area contributed by atoms with Crippen LogP contribution in [0.1, 0.15) is 87.3 Å². The molecule has 0 radical (unpaired) electrons. The highest BCUT2D eigenvalue weighted by atomic mass is 31.2. The number of hydrogen-bond acceptors (Lipinski definition) is 9. The average molecular weight is 785 g/mol. The van der Waals surface area contributed by atoms with E-state index in [0.717, 1.165) is 56.1 Å². The Balaban J connectivity index is 0.965. The molecule has 56 heavy (non-hydrogen) atoms. The number of carbonyl (C=O) groups excluding carboxylic acids is 2. The highest BCUT2D eigenvalue weighted by molar-refractivity contribution is 7.48. The predicted molar refractivity (Wildman–Crippen MR) is 212 cm³/mol. The van der Waals surface area contributed by atoms with Crippen LogP contribution in [0.25, 0.3) is 0 Å². The van der Waals surface area contributed by atoms with Crippen molar-refractivity contribution in [3.05, 3.63) is 124 Å². The van der Waals surface area contributed by atoms with Gasteiger partial charge in [0.15, 0.2) is 5.76 Å². The molecule has 298 valence electrons. The van der Waals surface area contributed by atoms with Crippen LogP contribution >= 0.6 is 7.82 Å². The van der Waals surface area contributed by atoms with E-state index in [1.165, 1.54) is 18.2 Å². The zero-order chi connectivity index (χ0) is 39.3. The Hall–Kier alpha value is -4.41. The van der Waals surface area contributed by atoms with Crippen molar-refractivity contribution in [2.45, 2.75) is 89.8 Å². The summed E-state index contributed by atoms with van der Waals surface area (Å²) < 4.78 is 43.8. The van der Waals surface area contributed by atoms with E-state index in [1.807, 2.05) is 72.8 Å². The summed E-state index contributed by atoms with van der Waals surface area (Å²) in [7, 11) is -2.57. The molecule has 5 aliphatic carbocycles. The van der Waals surface area contributed by atoms with Gasteiger partial charge in [0.1, 0.15) is 17.1 Å². The van der Waals surface area contributed by atoms with Gasteiger partial charge in [-0.1, -0.05) is 73.7 Å². The maximum Gasteiger partial charge on any atom is 0.530 e. The van der Waals surface area contributed by atoms with E-state index in [9.17, 15) is 19.3 Å². The number of allylic oxidation sites excluding steroid dienone is 6. The Morgan fingerprint density at radius 2 is 1.82 bits per heavy atom. The first-order chi connectivity index (χ1) is 27.1. The highest BCUT2D eigenvalue weighted by Gasteiger charge is 2.55. The van der Waals surface area contributed by atoms with Crippen molar-refractivity contribution < 1.29 is 42.3 Å². The number of methoxy groups -OCH3 is 1. The van der Waals surface area contributed by atoms with Crippen LogP contribution in [-0.4, -0.2) is 43.3 Å². The minimum atomic E-state index is -3.99. The number of hydrogen-bond donors (Lipinski definition) is 3. The summed E-state index contributed by atoms with van der Waals surface area (Å²) >= 11 is 0. The number of benzene rings is 2. The number of phosphoric ester groups is 1. The summed E-state index contributed by atoms with van der Waals surface area (Å²) in [5.41, 5.74) is 9.97. The topological polar surface area (TPSA) is 156 Å². The molecular weight excluding hydrogens is 731 g/mol. The molecule has 0 bridgehead atoms. The van der Waals surface area contributed by atoms with Gasteiger partial charge in [0.05, 0.1) is 45.2 Å². The number of aliphatic hydroxyl groups is 1. The molecule has 2 aromatic carbocycles. The number of phosphoric acid groups is 1. The highest BCUT2D eigenvalue weighted by Crippen LogP contribution is 2.62. The molecule has 2 saturated carbocycles. The molecule has 2 amide bonds. The molecule has 0 aliphatic heterocycles. The van der Waals surface area contributed by atoms with E-state index in [-0.39, 0.29) is 60.7 Å². The molecule has 11 nitrogen and oxygen atoms in total. The van der Waals surface area contributed by atoms with Crippen LogP contribution in [-0.2, 0) is 45.7 Å². The van der Waals surface area contributed by atoms with E-state index >= 15 is 0 Å². The van der Waals surface area contributed by atoms with Gasteiger partial charge in [-0.25, -0.2) is 4.57 Å². The number of nitrogens with one attached hydrogen (secondary N) is 1. The SMILES string of the molecule is COC1=C(C(N)=O)C(O)=C(NC(=O)CCOC2CCC3C4CCc5cc(OP(=O)(OCC6=CCC=CC=C6)OCc6ccccc6)ccc5C4CCC23C)CC1. The van der Waals surface area contributed by atoms with Crippen LogP contribution in [0.15, 0.2) is 107 Å². The molecule has 7 rings (SSSR count). The summed E-state index contributed by atoms with van der Waals surface area (Å²) in [6, 6.07) is 15.7. The van der Waals surface area contributed by atoms with Gasteiger partial charge in [-0.05, 0) is 109 Å². The largest absolute Gasteiger partial charge is 0.530 e. The maximum atomic E-state index is 14.1. The lowest BCUT2D eigenvalue weighted by molar-refractivity contribution is -0.123. The van der Waals surface area contributed by atoms with Crippen LogP contribution in [0.3, 0.4) is 0 Å². The number of primary amides is 1. The Morgan fingerprint density at radius 1 is 1.00 bits per heavy atom. The van der Waals surface area contributed by atoms with Crippen molar-refractivity contribution in [1.29, 1.82) is 0 Å². The first kappa shape index (κ1) is 39.8. The summed E-state index contributed by atoms with van der Waals surface area (Å²) in [6.45, 7) is 2.82. The zero-order valence-electron chi connectivity index (χ0n) is 32.2. The Bertz CT molecular complexity index is 2000. The predicted octanol–water partition coefficient (Wildman–Crippen LogP) is 8.55. The van der Waals surface area contributed by atoms with E-state index in [2.05, 4.69) is 18.3 Å². The summed E-state index contributed by atoms with van der Waals surface area (Å²) in [5, 5.41) is 13.4. The number of ether oxygens (including phenoxy) is 2. The maximum absolute atomic E-state index is 14.1. The molecule has 12 heteroatoms. The van der Waals surface area contributed by atoms with Crippen LogP contribution in [0.5, 0.6) is 5.75 Å². The van der Waals surface area contributed by atoms with Gasteiger partial charge in [-0.3, -0.25) is 18.6 Å². The summed E-state index contributed by atoms with van der Waals surface area (Å²) in [5.74, 6) is 0.799. The van der Waals surface area contributed by atoms with Crippen molar-refractivity contribution >= 4 is 19.6 Å². The van der Waals surface area contributed by atoms with Crippen LogP contribution in [0.4, 0.5) is 0 Å². The van der Waals surface area contributed by atoms with Gasteiger partial charge in [-0.15, -0.1) is 0 Å². The fraction of sp³-hybridized carbons (Fsp3) is 0.455. The first-order valence-electron chi connectivity index (χ1n) is 19.8. The number of fused-ring (bicyclic) bond motifs is 5. The quantitative estimate of drug-likeness (QED) is 0.151. The molecule has 2 aromatic rings. The second-order valence-corrected chi connectivity index (χ2v) is 17.2. The third-order valence-electron chi connectivity index (χ3n) is 12.4. The fourth-order valence-electron chi connectivity index (χ4n) is 9.54. The van der Waals surface area contributed by atoms with Gasteiger partial charge in [0, 0.05) is 6.42 Å². The average Bonchev–Trinajstić information content (AvgIpc) is 3.33. The van der Waals surface area contributed by atoms with E-state index in [0.29, 0.717) is 42.1 Å². The molecule has 4 N–H and O–H groups in total. The smallest absolute Gasteiger partial charge is 0.505 e. The second kappa shape index (κ2) is 17.4. The number of nitrogens with two attached hydrogens (primary N) is 1. The second-order valence-electron chi connectivity index (χ2n) is 15.6. The molecule has 0 spiro atoms. The van der Waals surface area contributed by atoms with Crippen molar-refractivity contribution in [3.8, 4) is 5.75 Å². The lowest BCUT2D eigenvalue weighted by Crippen LogP contribution is -2.45. The minimum absolute atomic E-state index is 0.0121.